The molecule has 0 aromatic heterocycles. The van der Waals surface area contributed by atoms with Crippen LogP contribution in [0.4, 0.5) is 0 Å². The molecule has 3 aromatic carbocycles. The van der Waals surface area contributed by atoms with E-state index in [-0.39, 0.29) is 6.61 Å². The van der Waals surface area contributed by atoms with Crippen molar-refractivity contribution in [1.82, 2.24) is 0 Å². The summed E-state index contributed by atoms with van der Waals surface area (Å²) < 4.78 is 5.50. The Labute approximate surface area is 190 Å². The molecule has 1 atom stereocenters. The molecule has 3 nitrogen and oxygen atoms in total. The number of fused-ring (bicyclic) bond motifs is 1. The molecule has 1 unspecified atom stereocenters. The van der Waals surface area contributed by atoms with Gasteiger partial charge in [-0.3, -0.25) is 0 Å². The number of rotatable bonds is 9. The van der Waals surface area contributed by atoms with Crippen molar-refractivity contribution in [3.05, 3.63) is 113 Å². The van der Waals surface area contributed by atoms with Crippen LogP contribution in [-0.4, -0.2) is 17.7 Å². The molecule has 0 radical (unpaired) electrons. The summed E-state index contributed by atoms with van der Waals surface area (Å²) in [7, 11) is 0. The van der Waals surface area contributed by atoms with Crippen LogP contribution in [0.15, 0.2) is 91.0 Å². The third kappa shape index (κ3) is 5.67. The first-order valence-electron chi connectivity index (χ1n) is 11.4. The second-order valence-corrected chi connectivity index (χ2v) is 8.50. The van der Waals surface area contributed by atoms with Crippen LogP contribution in [0.25, 0.3) is 0 Å². The second kappa shape index (κ2) is 10.8. The van der Waals surface area contributed by atoms with Crippen LogP contribution < -0.4 is 4.74 Å². The van der Waals surface area contributed by atoms with E-state index in [9.17, 15) is 4.79 Å². The molecule has 32 heavy (non-hydrogen) atoms. The van der Waals surface area contributed by atoms with Crippen LogP contribution in [0.1, 0.15) is 47.4 Å². The number of aliphatic carboxylic acids is 1. The van der Waals surface area contributed by atoms with Gasteiger partial charge in [-0.2, -0.15) is 0 Å². The van der Waals surface area contributed by atoms with Crippen molar-refractivity contribution in [3.63, 3.8) is 0 Å². The van der Waals surface area contributed by atoms with Crippen molar-refractivity contribution in [1.29, 1.82) is 0 Å². The fraction of sp³-hybridized carbons (Fsp3) is 0.276. The number of hydrogen-bond acceptors (Lipinski definition) is 2. The zero-order valence-corrected chi connectivity index (χ0v) is 18.3. The van der Waals surface area contributed by atoms with Crippen LogP contribution in [0.5, 0.6) is 5.75 Å². The molecule has 0 saturated heterocycles. The van der Waals surface area contributed by atoms with Gasteiger partial charge in [0.15, 0.2) is 6.61 Å². The first kappa shape index (κ1) is 21.9. The molecule has 0 bridgehead atoms. The van der Waals surface area contributed by atoms with Crippen LogP contribution in [0, 0.1) is 5.92 Å². The number of carbonyl (C=O) groups is 1. The van der Waals surface area contributed by atoms with Crippen LogP contribution >= 0.6 is 0 Å². The Morgan fingerprint density at radius 2 is 1.62 bits per heavy atom. The Morgan fingerprint density at radius 3 is 2.28 bits per heavy atom. The lowest BCUT2D eigenvalue weighted by Gasteiger charge is -2.25. The Balaban J connectivity index is 1.37. The zero-order chi connectivity index (χ0) is 22.2. The number of carboxylic acids is 1. The largest absolute Gasteiger partial charge is 0.482 e. The van der Waals surface area contributed by atoms with Gasteiger partial charge < -0.3 is 9.84 Å². The maximum absolute atomic E-state index is 10.8. The van der Waals surface area contributed by atoms with Gasteiger partial charge in [-0.1, -0.05) is 84.9 Å². The summed E-state index contributed by atoms with van der Waals surface area (Å²) in [6, 6.07) is 27.5. The van der Waals surface area contributed by atoms with Crippen molar-refractivity contribution >= 4 is 5.97 Å². The third-order valence-electron chi connectivity index (χ3n) is 6.30. The van der Waals surface area contributed by atoms with Gasteiger partial charge in [0.2, 0.25) is 0 Å². The molecule has 164 valence electrons. The van der Waals surface area contributed by atoms with Gasteiger partial charge in [0, 0.05) is 5.92 Å². The van der Waals surface area contributed by atoms with E-state index in [1.54, 1.807) is 0 Å². The lowest BCUT2D eigenvalue weighted by molar-refractivity contribution is -0.139. The quantitative estimate of drug-likeness (QED) is 0.401. The maximum atomic E-state index is 10.8. The second-order valence-electron chi connectivity index (χ2n) is 8.50. The minimum atomic E-state index is -0.939. The molecule has 0 spiro atoms. The SMILES string of the molecule is O=C(O)COc1cccc2c1CCC(C/C=C/CC(c1ccccc1)c1ccccc1)C2. The average Bonchev–Trinajstić information content (AvgIpc) is 2.83. The van der Waals surface area contributed by atoms with E-state index >= 15 is 0 Å². The minimum Gasteiger partial charge on any atom is -0.482 e. The molecule has 0 saturated carbocycles. The lowest BCUT2D eigenvalue weighted by Crippen LogP contribution is -2.16. The van der Waals surface area contributed by atoms with Crippen molar-refractivity contribution < 1.29 is 14.6 Å². The van der Waals surface area contributed by atoms with Crippen LogP contribution in [0.3, 0.4) is 0 Å². The Morgan fingerprint density at radius 1 is 0.938 bits per heavy atom. The maximum Gasteiger partial charge on any atom is 0.341 e. The predicted molar refractivity (Wildman–Crippen MR) is 128 cm³/mol. The van der Waals surface area contributed by atoms with E-state index in [4.69, 9.17) is 9.84 Å². The summed E-state index contributed by atoms with van der Waals surface area (Å²) in [6.07, 6.45) is 9.81. The summed E-state index contributed by atoms with van der Waals surface area (Å²) in [5, 5.41) is 8.89. The van der Waals surface area contributed by atoms with Crippen molar-refractivity contribution in [3.8, 4) is 5.75 Å². The Hall–Kier alpha value is -3.33. The molecule has 1 aliphatic carbocycles. The summed E-state index contributed by atoms with van der Waals surface area (Å²) in [5.74, 6) is 0.772. The lowest BCUT2D eigenvalue weighted by atomic mass is 9.81. The Kier molecular flexibility index (Phi) is 7.39. The highest BCUT2D eigenvalue weighted by atomic mass is 16.5. The summed E-state index contributed by atoms with van der Waals surface area (Å²) in [6.45, 7) is -0.285. The van der Waals surface area contributed by atoms with Crippen molar-refractivity contribution in [2.75, 3.05) is 6.61 Å². The fourth-order valence-corrected chi connectivity index (χ4v) is 4.68. The molecule has 0 amide bonds. The Bertz CT molecular complexity index is 1000. The minimum absolute atomic E-state index is 0.285. The molecular weight excluding hydrogens is 396 g/mol. The van der Waals surface area contributed by atoms with E-state index in [1.807, 2.05) is 12.1 Å². The van der Waals surface area contributed by atoms with Crippen molar-refractivity contribution in [2.45, 2.75) is 38.0 Å². The van der Waals surface area contributed by atoms with Crippen LogP contribution in [0.2, 0.25) is 0 Å². The third-order valence-corrected chi connectivity index (χ3v) is 6.30. The van der Waals surface area contributed by atoms with Gasteiger partial charge in [-0.05, 0) is 66.3 Å². The van der Waals surface area contributed by atoms with Gasteiger partial charge >= 0.3 is 5.97 Å². The normalized spacial score (nSPS) is 15.6. The molecule has 3 heteroatoms. The number of hydrogen-bond donors (Lipinski definition) is 1. The fourth-order valence-electron chi connectivity index (χ4n) is 4.68. The van der Waals surface area contributed by atoms with Gasteiger partial charge in [0.1, 0.15) is 5.75 Å². The van der Waals surface area contributed by atoms with E-state index < -0.39 is 5.97 Å². The van der Waals surface area contributed by atoms with Gasteiger partial charge in [-0.25, -0.2) is 4.79 Å². The van der Waals surface area contributed by atoms with Gasteiger partial charge in [-0.15, -0.1) is 0 Å². The van der Waals surface area contributed by atoms with E-state index in [0.717, 1.165) is 37.9 Å². The highest BCUT2D eigenvalue weighted by molar-refractivity contribution is 5.68. The summed E-state index contributed by atoms with van der Waals surface area (Å²) in [5.41, 5.74) is 5.18. The first-order valence-corrected chi connectivity index (χ1v) is 11.4. The monoisotopic (exact) mass is 426 g/mol. The topological polar surface area (TPSA) is 46.5 Å². The molecule has 1 aliphatic rings. The number of ether oxygens (including phenoxy) is 1. The van der Waals surface area contributed by atoms with Gasteiger partial charge in [0.25, 0.3) is 0 Å². The molecule has 0 fully saturated rings. The highest BCUT2D eigenvalue weighted by Crippen LogP contribution is 2.34. The van der Waals surface area contributed by atoms with E-state index in [1.165, 1.54) is 22.3 Å². The number of benzene rings is 3. The number of allylic oxidation sites excluding steroid dienone is 2. The van der Waals surface area contributed by atoms with Crippen molar-refractivity contribution in [2.24, 2.45) is 5.92 Å². The van der Waals surface area contributed by atoms with E-state index in [2.05, 4.69) is 78.9 Å². The molecule has 0 aliphatic heterocycles. The zero-order valence-electron chi connectivity index (χ0n) is 18.3. The first-order chi connectivity index (χ1) is 15.7. The summed E-state index contributed by atoms with van der Waals surface area (Å²) >= 11 is 0. The molecule has 0 heterocycles. The smallest absolute Gasteiger partial charge is 0.341 e. The molecule has 4 rings (SSSR count). The predicted octanol–water partition coefficient (Wildman–Crippen LogP) is 6.42. The number of carboxylic acid groups (broad SMARTS) is 1. The molecule has 3 aromatic rings. The standard InChI is InChI=1S/C29H30O3/c30-29(31)21-32-28-17-9-15-25-20-22(18-19-27(25)28)10-7-8-16-26(23-11-3-1-4-12-23)24-13-5-2-6-14-24/h1-9,11-15,17,22,26H,10,16,18-21H2,(H,30,31)/b8-7+. The summed E-state index contributed by atoms with van der Waals surface area (Å²) in [4.78, 5) is 10.8. The molecule has 1 N–H and O–H groups in total. The highest BCUT2D eigenvalue weighted by Gasteiger charge is 2.21. The molecular formula is C29H30O3. The van der Waals surface area contributed by atoms with E-state index in [0.29, 0.717) is 11.8 Å². The van der Waals surface area contributed by atoms with Crippen LogP contribution in [-0.2, 0) is 17.6 Å². The average molecular weight is 427 g/mol. The van der Waals surface area contributed by atoms with Gasteiger partial charge in [0.05, 0.1) is 0 Å².